The highest BCUT2D eigenvalue weighted by atomic mass is 19.4. The molecule has 8 heteroatoms. The van der Waals surface area contributed by atoms with Crippen molar-refractivity contribution in [2.75, 3.05) is 6.54 Å². The van der Waals surface area contributed by atoms with Crippen molar-refractivity contribution in [3.8, 4) is 17.1 Å². The molecule has 0 unspecified atom stereocenters. The minimum atomic E-state index is -4.49. The zero-order valence-electron chi connectivity index (χ0n) is 13.2. The number of halogens is 3. The molecule has 0 fully saturated rings. The van der Waals surface area contributed by atoms with Gasteiger partial charge in [0.2, 0.25) is 0 Å². The van der Waals surface area contributed by atoms with Crippen LogP contribution in [0.4, 0.5) is 13.2 Å². The van der Waals surface area contributed by atoms with E-state index in [9.17, 15) is 18.0 Å². The Labute approximate surface area is 141 Å². The van der Waals surface area contributed by atoms with Crippen LogP contribution in [-0.2, 0) is 0 Å². The van der Waals surface area contributed by atoms with Gasteiger partial charge in [-0.15, -0.1) is 0 Å². The zero-order chi connectivity index (χ0) is 18.0. The zero-order valence-corrected chi connectivity index (χ0v) is 13.2. The lowest BCUT2D eigenvalue weighted by Crippen LogP contribution is -2.33. The van der Waals surface area contributed by atoms with Crippen LogP contribution in [0.1, 0.15) is 16.1 Å². The number of amides is 1. The summed E-state index contributed by atoms with van der Waals surface area (Å²) in [7, 11) is 0. The van der Waals surface area contributed by atoms with Gasteiger partial charge in [-0.25, -0.2) is 4.68 Å². The highest BCUT2D eigenvalue weighted by Gasteiger charge is 2.29. The van der Waals surface area contributed by atoms with Crippen LogP contribution in [0.3, 0.4) is 0 Å². The number of hydrogen-bond donors (Lipinski definition) is 1. The normalized spacial score (nSPS) is 11.5. The van der Waals surface area contributed by atoms with Crippen LogP contribution in [0.2, 0.25) is 0 Å². The van der Waals surface area contributed by atoms with Crippen molar-refractivity contribution in [1.29, 1.82) is 0 Å². The largest absolute Gasteiger partial charge is 0.460 e. The van der Waals surface area contributed by atoms with Gasteiger partial charge in [-0.3, -0.25) is 4.79 Å². The van der Waals surface area contributed by atoms with Crippen LogP contribution < -0.4 is 5.32 Å². The van der Waals surface area contributed by atoms with Gasteiger partial charge in [0, 0.05) is 6.20 Å². The minimum Gasteiger partial charge on any atom is -0.460 e. The molecule has 0 aliphatic rings. The summed E-state index contributed by atoms with van der Waals surface area (Å²) in [5.74, 6) is 0.0406. The third kappa shape index (κ3) is 3.90. The fraction of sp³-hybridized carbons (Fsp3) is 0.176. The van der Waals surface area contributed by atoms with Gasteiger partial charge in [0.15, 0.2) is 5.76 Å². The molecule has 0 aliphatic carbocycles. The SMILES string of the molecule is Cc1ccc(-c2nn(-c3ccccc3)cc2C(=O)NCC(F)(F)F)o1. The Morgan fingerprint density at radius 1 is 1.20 bits per heavy atom. The minimum absolute atomic E-state index is 0.00227. The number of para-hydroxylation sites is 1. The molecular formula is C17H14F3N3O2. The monoisotopic (exact) mass is 349 g/mol. The molecule has 0 radical (unpaired) electrons. The average Bonchev–Trinajstić information content (AvgIpc) is 3.19. The Hall–Kier alpha value is -3.03. The summed E-state index contributed by atoms with van der Waals surface area (Å²) in [6, 6.07) is 12.2. The van der Waals surface area contributed by atoms with Gasteiger partial charge in [0.25, 0.3) is 5.91 Å². The van der Waals surface area contributed by atoms with Gasteiger partial charge in [0.1, 0.15) is 18.0 Å². The second-order valence-electron chi connectivity index (χ2n) is 5.38. The number of carbonyl (C=O) groups excluding carboxylic acids is 1. The van der Waals surface area contributed by atoms with Crippen LogP contribution in [0.5, 0.6) is 0 Å². The predicted molar refractivity (Wildman–Crippen MR) is 84.4 cm³/mol. The molecule has 130 valence electrons. The van der Waals surface area contributed by atoms with E-state index in [1.807, 2.05) is 11.4 Å². The number of nitrogens with zero attached hydrogens (tertiary/aromatic N) is 2. The first-order chi connectivity index (χ1) is 11.8. The molecule has 0 atom stereocenters. The van der Waals surface area contributed by atoms with E-state index in [2.05, 4.69) is 5.10 Å². The van der Waals surface area contributed by atoms with Gasteiger partial charge >= 0.3 is 6.18 Å². The third-order valence-electron chi connectivity index (χ3n) is 3.40. The van der Waals surface area contributed by atoms with Crippen molar-refractivity contribution in [2.24, 2.45) is 0 Å². The predicted octanol–water partition coefficient (Wildman–Crippen LogP) is 3.73. The number of furan rings is 1. The molecule has 3 aromatic rings. The number of benzene rings is 1. The van der Waals surface area contributed by atoms with Crippen molar-refractivity contribution in [2.45, 2.75) is 13.1 Å². The Bertz CT molecular complexity index is 882. The number of rotatable bonds is 4. The van der Waals surface area contributed by atoms with Crippen molar-refractivity contribution in [1.82, 2.24) is 15.1 Å². The van der Waals surface area contributed by atoms with Crippen LogP contribution in [0.15, 0.2) is 53.1 Å². The van der Waals surface area contributed by atoms with E-state index in [1.165, 1.54) is 10.9 Å². The average molecular weight is 349 g/mol. The first kappa shape index (κ1) is 16.8. The quantitative estimate of drug-likeness (QED) is 0.781. The third-order valence-corrected chi connectivity index (χ3v) is 3.40. The van der Waals surface area contributed by atoms with Crippen molar-refractivity contribution in [3.05, 3.63) is 60.0 Å². The maximum atomic E-state index is 12.4. The molecule has 1 aromatic carbocycles. The molecule has 2 heterocycles. The summed E-state index contributed by atoms with van der Waals surface area (Å²) < 4.78 is 44.0. The lowest BCUT2D eigenvalue weighted by Gasteiger charge is -2.07. The first-order valence-corrected chi connectivity index (χ1v) is 7.40. The molecule has 0 saturated carbocycles. The number of nitrogens with one attached hydrogen (secondary N) is 1. The van der Waals surface area contributed by atoms with Gasteiger partial charge in [-0.05, 0) is 31.2 Å². The summed E-state index contributed by atoms with van der Waals surface area (Å²) in [5.41, 5.74) is 0.848. The van der Waals surface area contributed by atoms with Gasteiger partial charge < -0.3 is 9.73 Å². The Morgan fingerprint density at radius 3 is 2.52 bits per heavy atom. The van der Waals surface area contributed by atoms with E-state index in [1.54, 1.807) is 43.3 Å². The second-order valence-corrected chi connectivity index (χ2v) is 5.38. The molecule has 0 saturated heterocycles. The van der Waals surface area contributed by atoms with Crippen LogP contribution in [0.25, 0.3) is 17.1 Å². The maximum absolute atomic E-state index is 12.4. The maximum Gasteiger partial charge on any atom is 0.405 e. The van der Waals surface area contributed by atoms with E-state index in [4.69, 9.17) is 4.42 Å². The van der Waals surface area contributed by atoms with Gasteiger partial charge in [-0.2, -0.15) is 18.3 Å². The van der Waals surface area contributed by atoms with E-state index >= 15 is 0 Å². The number of aryl methyl sites for hydroxylation is 1. The molecule has 5 nitrogen and oxygen atoms in total. The first-order valence-electron chi connectivity index (χ1n) is 7.40. The summed E-state index contributed by atoms with van der Waals surface area (Å²) >= 11 is 0. The Balaban J connectivity index is 2.00. The summed E-state index contributed by atoms with van der Waals surface area (Å²) in [6.07, 6.45) is -3.11. The fourth-order valence-corrected chi connectivity index (χ4v) is 2.27. The standard InChI is InChI=1S/C17H14F3N3O2/c1-11-7-8-14(25-11)15-13(16(24)21-10-17(18,19)20)9-23(22-15)12-5-3-2-4-6-12/h2-9H,10H2,1H3,(H,21,24). The van der Waals surface area contributed by atoms with Gasteiger partial charge in [0.05, 0.1) is 11.3 Å². The summed E-state index contributed by atoms with van der Waals surface area (Å²) in [5, 5.41) is 6.17. The smallest absolute Gasteiger partial charge is 0.405 e. The number of carbonyl (C=O) groups is 1. The van der Waals surface area contributed by atoms with Gasteiger partial charge in [-0.1, -0.05) is 18.2 Å². The Kier molecular flexibility index (Phi) is 4.35. The summed E-state index contributed by atoms with van der Waals surface area (Å²) in [6.45, 7) is 0.306. The number of aromatic nitrogens is 2. The number of hydrogen-bond acceptors (Lipinski definition) is 3. The summed E-state index contributed by atoms with van der Waals surface area (Å²) in [4.78, 5) is 12.2. The number of alkyl halides is 3. The van der Waals surface area contributed by atoms with Crippen molar-refractivity contribution in [3.63, 3.8) is 0 Å². The Morgan fingerprint density at radius 2 is 1.92 bits per heavy atom. The molecule has 1 N–H and O–H groups in total. The molecule has 0 aliphatic heterocycles. The van der Waals surface area contributed by atoms with Crippen molar-refractivity contribution < 1.29 is 22.4 Å². The second kappa shape index (κ2) is 6.46. The van der Waals surface area contributed by atoms with Crippen LogP contribution in [0, 0.1) is 6.92 Å². The molecule has 0 bridgehead atoms. The molecule has 25 heavy (non-hydrogen) atoms. The highest BCUT2D eigenvalue weighted by molar-refractivity contribution is 5.99. The van der Waals surface area contributed by atoms with Crippen LogP contribution >= 0.6 is 0 Å². The topological polar surface area (TPSA) is 60.1 Å². The lowest BCUT2D eigenvalue weighted by atomic mass is 10.2. The highest BCUT2D eigenvalue weighted by Crippen LogP contribution is 2.26. The van der Waals surface area contributed by atoms with Crippen molar-refractivity contribution >= 4 is 5.91 Å². The van der Waals surface area contributed by atoms with E-state index < -0.39 is 18.6 Å². The van der Waals surface area contributed by atoms with Crippen LogP contribution in [-0.4, -0.2) is 28.4 Å². The lowest BCUT2D eigenvalue weighted by molar-refractivity contribution is -0.123. The van der Waals surface area contributed by atoms with E-state index in [0.29, 0.717) is 17.2 Å². The molecule has 0 spiro atoms. The van der Waals surface area contributed by atoms with E-state index in [0.717, 1.165) is 0 Å². The molecule has 2 aromatic heterocycles. The van der Waals surface area contributed by atoms with E-state index in [-0.39, 0.29) is 11.3 Å². The molecule has 1 amide bonds. The molecule has 3 rings (SSSR count). The fourth-order valence-electron chi connectivity index (χ4n) is 2.27. The molecular weight excluding hydrogens is 335 g/mol.